The second-order valence-electron chi connectivity index (χ2n) is 44.2. The van der Waals surface area contributed by atoms with Gasteiger partial charge in [0, 0.05) is 136 Å². The minimum absolute atomic E-state index is 0.0259. The van der Waals surface area contributed by atoms with Crippen molar-refractivity contribution in [1.29, 1.82) is 0 Å². The van der Waals surface area contributed by atoms with Gasteiger partial charge >= 0.3 is 6.09 Å². The summed E-state index contributed by atoms with van der Waals surface area (Å²) in [6.45, 7) is 30.9. The van der Waals surface area contributed by atoms with Crippen molar-refractivity contribution in [2.45, 2.75) is 335 Å². The van der Waals surface area contributed by atoms with Crippen molar-refractivity contribution in [2.75, 3.05) is 44.6 Å². The summed E-state index contributed by atoms with van der Waals surface area (Å²) in [5, 5.41) is 32.3. The molecule has 3 aliphatic heterocycles. The van der Waals surface area contributed by atoms with Gasteiger partial charge in [-0.3, -0.25) is 43.2 Å². The first-order chi connectivity index (χ1) is 68.9. The number of aromatic nitrogens is 6. The molecule has 3 saturated heterocycles. The van der Waals surface area contributed by atoms with Crippen molar-refractivity contribution >= 4 is 64.6 Å². The van der Waals surface area contributed by atoms with Crippen molar-refractivity contribution in [2.24, 2.45) is 64.0 Å². The molecular formula is C112H151N15O17. The van der Waals surface area contributed by atoms with Crippen LogP contribution in [0.3, 0.4) is 0 Å². The maximum Gasteiger partial charge on any atom is 0.410 e. The highest BCUT2D eigenvalue weighted by molar-refractivity contribution is 6.06. The first-order valence-corrected chi connectivity index (χ1v) is 52.8. The number of hydrogen-bond acceptors (Lipinski definition) is 25. The number of piperidine rings is 3. The monoisotopic (exact) mass is 1980 g/mol. The summed E-state index contributed by atoms with van der Waals surface area (Å²) in [4.78, 5) is 129. The van der Waals surface area contributed by atoms with Gasteiger partial charge in [-0.1, -0.05) is 166 Å². The molecule has 19 rings (SSSR count). The first-order valence-electron chi connectivity index (χ1n) is 52.8. The zero-order valence-electron chi connectivity index (χ0n) is 86.4. The third-order valence-electron chi connectivity index (χ3n) is 29.7. The fourth-order valence-corrected chi connectivity index (χ4v) is 19.3. The van der Waals surface area contributed by atoms with Gasteiger partial charge < -0.3 is 79.7 Å². The lowest BCUT2D eigenvalue weighted by molar-refractivity contribution is -0.135. The second kappa shape index (κ2) is 49.2. The molecular weight excluding hydrogens is 1830 g/mol. The summed E-state index contributed by atoms with van der Waals surface area (Å²) in [6, 6.07) is 34.2. The van der Waals surface area contributed by atoms with Crippen LogP contribution in [0.1, 0.15) is 422 Å². The second-order valence-corrected chi connectivity index (χ2v) is 44.2. The number of likely N-dealkylation sites (tertiary alicyclic amines) is 3. The molecule has 10 fully saturated rings. The van der Waals surface area contributed by atoms with Crippen LogP contribution in [0.15, 0.2) is 136 Å². The van der Waals surface area contributed by atoms with Gasteiger partial charge in [0.05, 0.1) is 18.1 Å². The number of nitrogens with zero attached hydrogens (tertiary/aromatic N) is 9. The van der Waals surface area contributed by atoms with Gasteiger partial charge in [0.25, 0.3) is 23.6 Å². The number of ketones is 3. The lowest BCUT2D eigenvalue weighted by atomic mass is 9.82. The van der Waals surface area contributed by atoms with Crippen LogP contribution in [0, 0.1) is 53.8 Å². The highest BCUT2D eigenvalue weighted by Gasteiger charge is 2.41. The van der Waals surface area contributed by atoms with Crippen molar-refractivity contribution in [3.05, 3.63) is 206 Å². The van der Waals surface area contributed by atoms with Gasteiger partial charge in [-0.25, -0.2) is 4.79 Å². The normalized spacial score (nSPS) is 19.6. The molecule has 4 unspecified atom stereocenters. The predicted molar refractivity (Wildman–Crippen MR) is 543 cm³/mol. The number of carbonyl (C=O) groups excluding carboxylic acids is 10. The van der Waals surface area contributed by atoms with Crippen molar-refractivity contribution in [1.82, 2.24) is 56.3 Å². The van der Waals surface area contributed by atoms with Crippen LogP contribution >= 0.6 is 0 Å². The van der Waals surface area contributed by atoms with Gasteiger partial charge in [0.1, 0.15) is 57.0 Å². The maximum atomic E-state index is 12.8. The molecule has 3 aromatic carbocycles. The lowest BCUT2D eigenvalue weighted by Crippen LogP contribution is -2.48. The molecule has 32 heteroatoms. The Kier molecular flexibility index (Phi) is 36.8. The topological polar surface area (TPSA) is 460 Å². The SMILES string of the molecule is CC(C)(C)C(NC(=O)c1cc(C2CC2)on1)c1ccccc1.CC(CC(=O)c1cc(C2CC2)on1)C1CCN(C(=O)OC(C)(C)C)CC1.CC1CCC(NC(=O)c2noc(C3CC3)c2C(N)=O)CC1.CC[C@H](N)C(=O)N1CCC(C(C)CC(=O)c2cc(C3CC3)on2)CC1.CCc1ccc(NC(=O)c2cc(C3CC3)on2)cc1.Cc1ccc(C[C@H](N)C(=O)N2CCC(C(C)CC(=O)c3cc(C4CC4)on3)CC2)cc1. The van der Waals surface area contributed by atoms with Crippen molar-refractivity contribution in [3.8, 4) is 0 Å². The Morgan fingerprint density at radius 1 is 0.438 bits per heavy atom. The smallest absolute Gasteiger partial charge is 0.410 e. The Hall–Kier alpha value is -12.1. The number of primary amides is 1. The maximum absolute atomic E-state index is 12.8. The highest BCUT2D eigenvalue weighted by Crippen LogP contribution is 2.47. The van der Waals surface area contributed by atoms with E-state index in [2.05, 4.69) is 102 Å². The average molecular weight is 1980 g/mol. The number of benzene rings is 3. The summed E-state index contributed by atoms with van der Waals surface area (Å²) >= 11 is 0. The number of hydrogen-bond donors (Lipinski definition) is 6. The number of Topliss-reactive ketones (excluding diaryl/α,β-unsaturated/α-hetero) is 3. The molecule has 7 aliphatic carbocycles. The number of ether oxygens (including phenoxy) is 1. The van der Waals surface area contributed by atoms with Crippen LogP contribution in [0.2, 0.25) is 0 Å². The minimum atomic E-state index is -0.638. The zero-order chi connectivity index (χ0) is 103. The fourth-order valence-electron chi connectivity index (χ4n) is 19.3. The molecule has 9 N–H and O–H groups in total. The van der Waals surface area contributed by atoms with E-state index in [1.165, 1.54) is 11.1 Å². The number of amides is 7. The molecule has 776 valence electrons. The Morgan fingerprint density at radius 3 is 1.20 bits per heavy atom. The number of nitrogens with one attached hydrogen (secondary N) is 3. The van der Waals surface area contributed by atoms with E-state index < -0.39 is 17.6 Å². The highest BCUT2D eigenvalue weighted by atomic mass is 16.6. The van der Waals surface area contributed by atoms with E-state index in [1.54, 1.807) is 17.0 Å². The molecule has 6 aromatic heterocycles. The Labute approximate surface area is 845 Å². The van der Waals surface area contributed by atoms with Gasteiger partial charge in [-0.15, -0.1) is 0 Å². The zero-order valence-corrected chi connectivity index (χ0v) is 86.4. The number of nitrogens with two attached hydrogens (primary N) is 3. The molecule has 0 bridgehead atoms. The molecule has 32 nitrogen and oxygen atoms in total. The van der Waals surface area contributed by atoms with Crippen LogP contribution < -0.4 is 33.2 Å². The quantitative estimate of drug-likeness (QED) is 0.0213. The van der Waals surface area contributed by atoms with Crippen LogP contribution in [-0.2, 0) is 27.2 Å². The first kappa shape index (κ1) is 108. The summed E-state index contributed by atoms with van der Waals surface area (Å²) < 4.78 is 37.0. The van der Waals surface area contributed by atoms with E-state index in [9.17, 15) is 47.9 Å². The Balaban J connectivity index is 0.000000138. The number of rotatable bonds is 32. The summed E-state index contributed by atoms with van der Waals surface area (Å²) in [5.41, 5.74) is 24.6. The van der Waals surface area contributed by atoms with E-state index in [0.717, 1.165) is 206 Å². The number of carbonyl (C=O) groups is 10. The van der Waals surface area contributed by atoms with Crippen molar-refractivity contribution < 1.29 is 79.8 Å². The van der Waals surface area contributed by atoms with E-state index in [1.807, 2.05) is 141 Å². The predicted octanol–water partition coefficient (Wildman–Crippen LogP) is 20.4. The van der Waals surface area contributed by atoms with Crippen LogP contribution in [0.25, 0.3) is 0 Å². The third-order valence-corrected chi connectivity index (χ3v) is 29.7. The van der Waals surface area contributed by atoms with E-state index in [-0.39, 0.29) is 111 Å². The number of aryl methyl sites for hydroxylation is 2. The molecule has 144 heavy (non-hydrogen) atoms. The molecule has 7 amide bonds. The number of anilines is 1. The van der Waals surface area contributed by atoms with Crippen LogP contribution in [-0.4, -0.2) is 168 Å². The van der Waals surface area contributed by atoms with Gasteiger partial charge in [-0.05, 0) is 264 Å². The molecule has 0 radical (unpaired) electrons. The van der Waals surface area contributed by atoms with E-state index in [0.29, 0.717) is 146 Å². The van der Waals surface area contributed by atoms with E-state index >= 15 is 0 Å². The summed E-state index contributed by atoms with van der Waals surface area (Å²) in [6.07, 6.45) is 26.3. The average Bonchev–Trinajstić information content (AvgIpc) is 1.65. The largest absolute Gasteiger partial charge is 0.444 e. The standard InChI is InChI=1S/C25H33N3O3.C20H30N2O4.C19H29N3O3.C18H22N2O2.C15H21N3O3.C15H16N2O2/c1-16-3-5-18(6-4-16)14-21(26)25(30)28-11-9-19(10-12-28)17(2)13-23(29)22-15-24(31-27-22)20-7-8-20;1-13(11-17(23)16-12-18(26-21-16)15-5-6-15)14-7-9-22(10-8-14)19(24)25-20(2,3)4;1-3-15(20)19(24)22-8-6-13(7-9-22)12(2)10-17(23)16-11-18(25-21-16)14-4-5-14;1-18(2,3)16(13-7-5-4-6-8-13)19-17(21)14-11-15(22-20-14)12-9-10-12;1-8-2-6-10(7-3-8)17-15(20)12-11(14(16)19)13(21-18-12)9-4-5-9;1-2-10-3-7-12(8-4-10)16-15(18)13-9-14(19-17-13)11-5-6-11/h3-6,15,17,19-21H,7-14,26H2,1-2H3;12-15H,5-11H2,1-4H3;11-15H,3-10,20H2,1-2H3;4-8,11-12,16H,9-10H2,1-3H3,(H,19,21);8-10H,2-7H2,1H3,(H2,16,19)(H,17,20);3-4,7-9,11H,2,5-6H2,1H3,(H,16,18)/t17?,21-;;12?,15-;;;/m0.0.../s1. The van der Waals surface area contributed by atoms with Crippen molar-refractivity contribution in [3.63, 3.8) is 0 Å². The van der Waals surface area contributed by atoms with Gasteiger partial charge in [-0.2, -0.15) is 0 Å². The molecule has 6 atom stereocenters. The van der Waals surface area contributed by atoms with Gasteiger partial charge in [0.15, 0.2) is 40.2 Å². The summed E-state index contributed by atoms with van der Waals surface area (Å²) in [7, 11) is 0. The Morgan fingerprint density at radius 2 is 0.819 bits per heavy atom. The molecule has 10 aliphatic rings. The molecule has 9 heterocycles. The molecule has 7 saturated carbocycles. The Bertz CT molecular complexity index is 5760. The van der Waals surface area contributed by atoms with Crippen LogP contribution in [0.5, 0.6) is 0 Å². The van der Waals surface area contributed by atoms with E-state index in [4.69, 9.17) is 49.1 Å². The molecule has 0 spiro atoms. The van der Waals surface area contributed by atoms with Gasteiger partial charge in [0.2, 0.25) is 11.8 Å². The molecule has 9 aromatic rings. The van der Waals surface area contributed by atoms with Crippen LogP contribution in [0.4, 0.5) is 10.5 Å². The lowest BCUT2D eigenvalue weighted by Gasteiger charge is -2.36. The third kappa shape index (κ3) is 31.2. The minimum Gasteiger partial charge on any atom is -0.444 e. The summed E-state index contributed by atoms with van der Waals surface area (Å²) in [5.74, 6) is 8.94. The fraction of sp³-hybridized carbons (Fsp3) is 0.589.